The molecule has 3 unspecified atom stereocenters. The van der Waals surface area contributed by atoms with Gasteiger partial charge < -0.3 is 10.5 Å². The molecule has 2 nitrogen and oxygen atoms in total. The minimum Gasteiger partial charge on any atom is -0.381 e. The van der Waals surface area contributed by atoms with E-state index in [9.17, 15) is 0 Å². The summed E-state index contributed by atoms with van der Waals surface area (Å²) in [6, 6.07) is 0.372. The molecule has 2 fully saturated rings. The molecule has 0 amide bonds. The highest BCUT2D eigenvalue weighted by Crippen LogP contribution is 2.58. The van der Waals surface area contributed by atoms with Gasteiger partial charge in [-0.2, -0.15) is 0 Å². The molecule has 1 aliphatic carbocycles. The predicted molar refractivity (Wildman–Crippen MR) is 44.2 cm³/mol. The van der Waals surface area contributed by atoms with Gasteiger partial charge in [-0.25, -0.2) is 0 Å². The van der Waals surface area contributed by atoms with Gasteiger partial charge in [0.05, 0.1) is 6.61 Å². The average molecular weight is 155 g/mol. The zero-order valence-electron chi connectivity index (χ0n) is 7.18. The lowest BCUT2D eigenvalue weighted by molar-refractivity contribution is 0.0349. The molecule has 1 saturated carbocycles. The third kappa shape index (κ3) is 1.18. The summed E-state index contributed by atoms with van der Waals surface area (Å²) in [6.45, 7) is 4.06. The second-order valence-corrected chi connectivity index (χ2v) is 4.19. The Labute approximate surface area is 68.1 Å². The first-order chi connectivity index (χ1) is 5.25. The van der Waals surface area contributed by atoms with Crippen LogP contribution in [-0.2, 0) is 4.74 Å². The van der Waals surface area contributed by atoms with Crippen molar-refractivity contribution in [1.82, 2.24) is 0 Å². The fraction of sp³-hybridized carbons (Fsp3) is 1.00. The second kappa shape index (κ2) is 2.46. The van der Waals surface area contributed by atoms with Crippen molar-refractivity contribution in [2.24, 2.45) is 17.1 Å². The summed E-state index contributed by atoms with van der Waals surface area (Å²) in [6.07, 6.45) is 3.90. The van der Waals surface area contributed by atoms with E-state index in [2.05, 4.69) is 6.92 Å². The van der Waals surface area contributed by atoms with E-state index in [1.165, 1.54) is 19.3 Å². The molecule has 0 radical (unpaired) electrons. The zero-order valence-corrected chi connectivity index (χ0v) is 7.18. The largest absolute Gasteiger partial charge is 0.381 e. The normalized spacial score (nSPS) is 45.8. The van der Waals surface area contributed by atoms with Crippen molar-refractivity contribution in [1.29, 1.82) is 0 Å². The molecule has 1 heterocycles. The zero-order chi connectivity index (χ0) is 7.90. The summed E-state index contributed by atoms with van der Waals surface area (Å²) >= 11 is 0. The highest BCUT2D eigenvalue weighted by atomic mass is 16.5. The maximum atomic E-state index is 5.85. The first kappa shape index (κ1) is 7.56. The SMILES string of the molecule is CC(N)C1CC12CCCOC2. The molecule has 0 bridgehead atoms. The smallest absolute Gasteiger partial charge is 0.0525 e. The monoisotopic (exact) mass is 155 g/mol. The fourth-order valence-corrected chi connectivity index (χ4v) is 2.45. The molecule has 2 aliphatic rings. The summed E-state index contributed by atoms with van der Waals surface area (Å²) in [7, 11) is 0. The molecule has 1 saturated heterocycles. The van der Waals surface area contributed by atoms with Crippen LogP contribution in [-0.4, -0.2) is 19.3 Å². The van der Waals surface area contributed by atoms with Gasteiger partial charge in [-0.15, -0.1) is 0 Å². The van der Waals surface area contributed by atoms with Crippen LogP contribution in [0.25, 0.3) is 0 Å². The summed E-state index contributed by atoms with van der Waals surface area (Å²) in [5, 5.41) is 0. The molecular formula is C9H17NO. The van der Waals surface area contributed by atoms with E-state index in [1.807, 2.05) is 0 Å². The number of nitrogens with two attached hydrogens (primary N) is 1. The van der Waals surface area contributed by atoms with E-state index in [1.54, 1.807) is 0 Å². The first-order valence-corrected chi connectivity index (χ1v) is 4.58. The van der Waals surface area contributed by atoms with Crippen molar-refractivity contribution in [2.75, 3.05) is 13.2 Å². The Hall–Kier alpha value is -0.0800. The lowest BCUT2D eigenvalue weighted by Gasteiger charge is -2.23. The molecule has 2 N–H and O–H groups in total. The summed E-state index contributed by atoms with van der Waals surface area (Å²) in [5.74, 6) is 0.753. The molecule has 0 aromatic carbocycles. The van der Waals surface area contributed by atoms with Gasteiger partial charge in [0.25, 0.3) is 0 Å². The molecule has 1 aliphatic heterocycles. The van der Waals surface area contributed by atoms with Crippen molar-refractivity contribution in [3.63, 3.8) is 0 Å². The van der Waals surface area contributed by atoms with Gasteiger partial charge in [0.2, 0.25) is 0 Å². The fourth-order valence-electron chi connectivity index (χ4n) is 2.45. The van der Waals surface area contributed by atoms with E-state index in [0.29, 0.717) is 11.5 Å². The van der Waals surface area contributed by atoms with Gasteiger partial charge in [0, 0.05) is 12.6 Å². The minimum atomic E-state index is 0.372. The van der Waals surface area contributed by atoms with Crippen LogP contribution in [0, 0.1) is 11.3 Å². The van der Waals surface area contributed by atoms with Crippen LogP contribution in [0.1, 0.15) is 26.2 Å². The molecule has 2 rings (SSSR count). The molecule has 1 spiro atoms. The van der Waals surface area contributed by atoms with Crippen LogP contribution in [0.15, 0.2) is 0 Å². The Morgan fingerprint density at radius 3 is 2.91 bits per heavy atom. The van der Waals surface area contributed by atoms with Crippen molar-refractivity contribution in [3.05, 3.63) is 0 Å². The maximum absolute atomic E-state index is 5.85. The minimum absolute atomic E-state index is 0.372. The van der Waals surface area contributed by atoms with E-state index in [-0.39, 0.29) is 0 Å². The second-order valence-electron chi connectivity index (χ2n) is 4.19. The van der Waals surface area contributed by atoms with Gasteiger partial charge in [-0.3, -0.25) is 0 Å². The molecule has 3 atom stereocenters. The van der Waals surface area contributed by atoms with Gasteiger partial charge in [0.15, 0.2) is 0 Å². The van der Waals surface area contributed by atoms with Gasteiger partial charge in [-0.05, 0) is 37.5 Å². The molecule has 2 heteroatoms. The lowest BCUT2D eigenvalue weighted by atomic mass is 9.94. The predicted octanol–water partition coefficient (Wildman–Crippen LogP) is 1.15. The van der Waals surface area contributed by atoms with Crippen LogP contribution in [0.2, 0.25) is 0 Å². The van der Waals surface area contributed by atoms with Crippen molar-refractivity contribution in [2.45, 2.75) is 32.2 Å². The van der Waals surface area contributed by atoms with E-state index < -0.39 is 0 Å². The van der Waals surface area contributed by atoms with Gasteiger partial charge >= 0.3 is 0 Å². The van der Waals surface area contributed by atoms with Crippen LogP contribution in [0.3, 0.4) is 0 Å². The van der Waals surface area contributed by atoms with Gasteiger partial charge in [-0.1, -0.05) is 0 Å². The van der Waals surface area contributed by atoms with E-state index in [0.717, 1.165) is 19.1 Å². The summed E-state index contributed by atoms with van der Waals surface area (Å²) < 4.78 is 5.47. The highest BCUT2D eigenvalue weighted by molar-refractivity contribution is 5.06. The Kier molecular flexibility index (Phi) is 1.69. The van der Waals surface area contributed by atoms with Crippen LogP contribution in [0.5, 0.6) is 0 Å². The third-order valence-corrected chi connectivity index (χ3v) is 3.24. The van der Waals surface area contributed by atoms with Crippen LogP contribution >= 0.6 is 0 Å². The maximum Gasteiger partial charge on any atom is 0.0525 e. The Morgan fingerprint density at radius 1 is 1.64 bits per heavy atom. The molecule has 0 aromatic rings. The first-order valence-electron chi connectivity index (χ1n) is 4.58. The van der Waals surface area contributed by atoms with Crippen LogP contribution in [0.4, 0.5) is 0 Å². The summed E-state index contributed by atoms with van der Waals surface area (Å²) in [4.78, 5) is 0. The van der Waals surface area contributed by atoms with E-state index in [4.69, 9.17) is 10.5 Å². The van der Waals surface area contributed by atoms with Gasteiger partial charge in [0.1, 0.15) is 0 Å². The number of hydrogen-bond donors (Lipinski definition) is 1. The Bertz CT molecular complexity index is 150. The third-order valence-electron chi connectivity index (χ3n) is 3.24. The molecular weight excluding hydrogens is 138 g/mol. The Morgan fingerprint density at radius 2 is 2.45 bits per heavy atom. The number of hydrogen-bond acceptors (Lipinski definition) is 2. The van der Waals surface area contributed by atoms with Crippen molar-refractivity contribution in [3.8, 4) is 0 Å². The lowest BCUT2D eigenvalue weighted by Crippen LogP contribution is -2.27. The van der Waals surface area contributed by atoms with Crippen molar-refractivity contribution < 1.29 is 4.74 Å². The standard InChI is InChI=1S/C9H17NO/c1-7(10)8-5-9(8)3-2-4-11-6-9/h7-8H,2-6,10H2,1H3. The molecule has 64 valence electrons. The summed E-state index contributed by atoms with van der Waals surface area (Å²) in [5.41, 5.74) is 6.37. The Balaban J connectivity index is 1.93. The number of rotatable bonds is 1. The quantitative estimate of drug-likeness (QED) is 0.616. The molecule has 11 heavy (non-hydrogen) atoms. The topological polar surface area (TPSA) is 35.2 Å². The van der Waals surface area contributed by atoms with E-state index >= 15 is 0 Å². The van der Waals surface area contributed by atoms with Crippen LogP contribution < -0.4 is 5.73 Å². The molecule has 0 aromatic heterocycles. The highest BCUT2D eigenvalue weighted by Gasteiger charge is 2.55. The van der Waals surface area contributed by atoms with Crippen molar-refractivity contribution >= 4 is 0 Å². The average Bonchev–Trinajstić information content (AvgIpc) is 2.66. The number of ether oxygens (including phenoxy) is 1.